The topological polar surface area (TPSA) is 41.4 Å². The van der Waals surface area contributed by atoms with Crippen molar-refractivity contribution < 1.29 is 9.18 Å². The van der Waals surface area contributed by atoms with Crippen LogP contribution in [0.2, 0.25) is 0 Å². The zero-order valence-corrected chi connectivity index (χ0v) is 17.6. The van der Waals surface area contributed by atoms with Crippen molar-refractivity contribution in [3.05, 3.63) is 69.4 Å². The van der Waals surface area contributed by atoms with E-state index in [2.05, 4.69) is 27.5 Å². The maximum Gasteiger partial charge on any atom is 0.257 e. The molecule has 152 valence electrons. The largest absolute Gasteiger partial charge is 0.336 e. The quantitative estimate of drug-likeness (QED) is 0.642. The van der Waals surface area contributed by atoms with Gasteiger partial charge in [-0.2, -0.15) is 5.10 Å². The van der Waals surface area contributed by atoms with Gasteiger partial charge in [0.2, 0.25) is 0 Å². The normalized spacial score (nSPS) is 15.1. The van der Waals surface area contributed by atoms with Crippen LogP contribution in [0.4, 0.5) is 4.39 Å². The van der Waals surface area contributed by atoms with Crippen LogP contribution in [-0.4, -0.2) is 58.2 Å². The summed E-state index contributed by atoms with van der Waals surface area (Å²) in [6.45, 7) is 8.02. The molecule has 1 fully saturated rings. The van der Waals surface area contributed by atoms with Crippen LogP contribution >= 0.6 is 11.3 Å². The van der Waals surface area contributed by atoms with Crippen LogP contribution in [0, 0.1) is 19.7 Å². The van der Waals surface area contributed by atoms with E-state index in [4.69, 9.17) is 0 Å². The van der Waals surface area contributed by atoms with E-state index < -0.39 is 0 Å². The molecule has 0 radical (unpaired) electrons. The van der Waals surface area contributed by atoms with E-state index >= 15 is 0 Å². The summed E-state index contributed by atoms with van der Waals surface area (Å²) in [5.41, 5.74) is 2.90. The molecule has 2 aromatic heterocycles. The Kier molecular flexibility index (Phi) is 5.78. The fourth-order valence-electron chi connectivity index (χ4n) is 3.84. The lowest BCUT2D eigenvalue weighted by Crippen LogP contribution is -2.49. The molecule has 29 heavy (non-hydrogen) atoms. The van der Waals surface area contributed by atoms with Crippen LogP contribution in [0.1, 0.15) is 26.6 Å². The molecule has 4 rings (SSSR count). The third kappa shape index (κ3) is 4.26. The SMILES string of the molecule is Cc1nn(-c2ccc(F)cc2)c(C)c1C(=O)N1CCN(CCc2cccs2)CC1. The number of benzene rings is 1. The smallest absolute Gasteiger partial charge is 0.257 e. The second-order valence-corrected chi connectivity index (χ2v) is 8.43. The lowest BCUT2D eigenvalue weighted by molar-refractivity contribution is 0.0637. The van der Waals surface area contributed by atoms with Crippen LogP contribution in [0.15, 0.2) is 41.8 Å². The highest BCUT2D eigenvalue weighted by atomic mass is 32.1. The van der Waals surface area contributed by atoms with Crippen LogP contribution in [0.5, 0.6) is 0 Å². The number of rotatable bonds is 5. The molecule has 0 spiro atoms. The number of amides is 1. The Hall–Kier alpha value is -2.51. The van der Waals surface area contributed by atoms with Gasteiger partial charge in [0.05, 0.1) is 22.6 Å². The summed E-state index contributed by atoms with van der Waals surface area (Å²) in [6.07, 6.45) is 1.06. The molecule has 7 heteroatoms. The van der Waals surface area contributed by atoms with Crippen molar-refractivity contribution in [3.63, 3.8) is 0 Å². The Morgan fingerprint density at radius 2 is 1.83 bits per heavy atom. The maximum atomic E-state index is 13.2. The van der Waals surface area contributed by atoms with Gasteiger partial charge in [-0.3, -0.25) is 9.69 Å². The number of aromatic nitrogens is 2. The summed E-state index contributed by atoms with van der Waals surface area (Å²) in [6, 6.07) is 10.4. The highest BCUT2D eigenvalue weighted by Crippen LogP contribution is 2.21. The number of aryl methyl sites for hydroxylation is 1. The number of halogens is 1. The van der Waals surface area contributed by atoms with Crippen LogP contribution < -0.4 is 0 Å². The van der Waals surface area contributed by atoms with E-state index in [1.807, 2.05) is 18.7 Å². The Balaban J connectivity index is 1.42. The van der Waals surface area contributed by atoms with Gasteiger partial charge in [-0.15, -0.1) is 11.3 Å². The Labute approximate surface area is 174 Å². The average molecular weight is 413 g/mol. The zero-order chi connectivity index (χ0) is 20.4. The minimum Gasteiger partial charge on any atom is -0.336 e. The molecular weight excluding hydrogens is 387 g/mol. The van der Waals surface area contributed by atoms with Gasteiger partial charge in [0.15, 0.2) is 0 Å². The monoisotopic (exact) mass is 412 g/mol. The first kappa shape index (κ1) is 19.8. The van der Waals surface area contributed by atoms with E-state index in [1.165, 1.54) is 17.0 Å². The molecule has 0 bridgehead atoms. The molecule has 0 unspecified atom stereocenters. The van der Waals surface area contributed by atoms with Gasteiger partial charge in [-0.25, -0.2) is 9.07 Å². The number of piperazine rings is 1. The second-order valence-electron chi connectivity index (χ2n) is 7.40. The van der Waals surface area contributed by atoms with E-state index in [0.29, 0.717) is 11.3 Å². The number of carbonyl (C=O) groups excluding carboxylic acids is 1. The fourth-order valence-corrected chi connectivity index (χ4v) is 4.54. The number of nitrogens with zero attached hydrogens (tertiary/aromatic N) is 4. The van der Waals surface area contributed by atoms with Crippen molar-refractivity contribution in [2.24, 2.45) is 0 Å². The van der Waals surface area contributed by atoms with E-state index in [1.54, 1.807) is 28.2 Å². The van der Waals surface area contributed by atoms with Crippen molar-refractivity contribution in [1.82, 2.24) is 19.6 Å². The highest BCUT2D eigenvalue weighted by Gasteiger charge is 2.27. The number of carbonyl (C=O) groups is 1. The van der Waals surface area contributed by atoms with Gasteiger partial charge in [-0.05, 0) is 56.0 Å². The molecule has 1 amide bonds. The third-order valence-corrected chi connectivity index (χ3v) is 6.43. The second kappa shape index (κ2) is 8.47. The molecule has 5 nitrogen and oxygen atoms in total. The third-order valence-electron chi connectivity index (χ3n) is 5.49. The zero-order valence-electron chi connectivity index (χ0n) is 16.8. The van der Waals surface area contributed by atoms with Crippen molar-refractivity contribution in [1.29, 1.82) is 0 Å². The number of hydrogen-bond acceptors (Lipinski definition) is 4. The summed E-state index contributed by atoms with van der Waals surface area (Å²) < 4.78 is 15.0. The molecule has 3 aromatic rings. The predicted molar refractivity (Wildman–Crippen MR) is 113 cm³/mol. The van der Waals surface area contributed by atoms with Crippen molar-refractivity contribution in [2.45, 2.75) is 20.3 Å². The molecule has 0 saturated carbocycles. The molecular formula is C22H25FN4OS. The first-order valence-corrected chi connectivity index (χ1v) is 10.8. The highest BCUT2D eigenvalue weighted by molar-refractivity contribution is 7.09. The van der Waals surface area contributed by atoms with Crippen LogP contribution in [0.3, 0.4) is 0 Å². The molecule has 1 aliphatic heterocycles. The summed E-state index contributed by atoms with van der Waals surface area (Å²) in [7, 11) is 0. The van der Waals surface area contributed by atoms with Gasteiger partial charge >= 0.3 is 0 Å². The van der Waals surface area contributed by atoms with Gasteiger partial charge in [0.25, 0.3) is 5.91 Å². The van der Waals surface area contributed by atoms with Crippen LogP contribution in [-0.2, 0) is 6.42 Å². The minimum absolute atomic E-state index is 0.0336. The first-order chi connectivity index (χ1) is 14.0. The molecule has 0 aliphatic carbocycles. The Bertz CT molecular complexity index is 973. The Morgan fingerprint density at radius 1 is 1.10 bits per heavy atom. The number of hydrogen-bond donors (Lipinski definition) is 0. The molecule has 0 N–H and O–H groups in total. The minimum atomic E-state index is -0.288. The summed E-state index contributed by atoms with van der Waals surface area (Å²) >= 11 is 1.80. The standard InChI is InChI=1S/C22H25FN4OS/c1-16-21(17(2)27(24-16)19-7-5-18(23)6-8-19)22(28)26-13-11-25(12-14-26)10-9-20-4-3-15-29-20/h3-8,15H,9-14H2,1-2H3. The van der Waals surface area contributed by atoms with E-state index in [0.717, 1.165) is 50.5 Å². The molecule has 0 atom stereocenters. The van der Waals surface area contributed by atoms with Gasteiger partial charge in [0, 0.05) is 37.6 Å². The fraction of sp³-hybridized carbons (Fsp3) is 0.364. The van der Waals surface area contributed by atoms with Gasteiger partial charge in [-0.1, -0.05) is 6.07 Å². The van der Waals surface area contributed by atoms with Crippen molar-refractivity contribution in [2.75, 3.05) is 32.7 Å². The first-order valence-electron chi connectivity index (χ1n) is 9.89. The van der Waals surface area contributed by atoms with Gasteiger partial charge in [0.1, 0.15) is 5.82 Å². The molecule has 1 aromatic carbocycles. The number of thiophene rings is 1. The summed E-state index contributed by atoms with van der Waals surface area (Å²) in [5, 5.41) is 6.65. The molecule has 1 saturated heterocycles. The van der Waals surface area contributed by atoms with Gasteiger partial charge < -0.3 is 4.90 Å². The lowest BCUT2D eigenvalue weighted by Gasteiger charge is -2.34. The molecule has 3 heterocycles. The lowest BCUT2D eigenvalue weighted by atomic mass is 10.1. The van der Waals surface area contributed by atoms with E-state index in [9.17, 15) is 9.18 Å². The summed E-state index contributed by atoms with van der Waals surface area (Å²) in [5.74, 6) is -0.255. The molecule has 1 aliphatic rings. The van der Waals surface area contributed by atoms with Crippen molar-refractivity contribution >= 4 is 17.2 Å². The van der Waals surface area contributed by atoms with Crippen LogP contribution in [0.25, 0.3) is 5.69 Å². The van der Waals surface area contributed by atoms with E-state index in [-0.39, 0.29) is 11.7 Å². The Morgan fingerprint density at radius 3 is 2.48 bits per heavy atom. The predicted octanol–water partition coefficient (Wildman–Crippen LogP) is 3.69. The van der Waals surface area contributed by atoms with Crippen molar-refractivity contribution in [3.8, 4) is 5.69 Å². The maximum absolute atomic E-state index is 13.2. The average Bonchev–Trinajstić information content (AvgIpc) is 3.35. The summed E-state index contributed by atoms with van der Waals surface area (Å²) in [4.78, 5) is 18.9.